The average molecular weight is 694 g/mol. The third-order valence-electron chi connectivity index (χ3n) is 7.62. The molecule has 0 amide bonds. The zero-order valence-electron chi connectivity index (χ0n) is 27.0. The van der Waals surface area contributed by atoms with Gasteiger partial charge < -0.3 is 45.4 Å². The van der Waals surface area contributed by atoms with Crippen molar-refractivity contribution in [2.45, 2.75) is 127 Å². The van der Waals surface area contributed by atoms with Gasteiger partial charge in [-0.2, -0.15) is 4.98 Å². The molecule has 47 heavy (non-hydrogen) atoms. The number of esters is 1. The average Bonchev–Trinajstić information content (AvgIpc) is 3.58. The van der Waals surface area contributed by atoms with E-state index in [0.717, 1.165) is 19.3 Å². The fourth-order valence-electron chi connectivity index (χ4n) is 5.06. The van der Waals surface area contributed by atoms with Crippen LogP contribution in [0.3, 0.4) is 0 Å². The molecule has 3 heterocycles. The van der Waals surface area contributed by atoms with Gasteiger partial charge in [-0.25, -0.2) is 9.55 Å². The first-order valence-corrected chi connectivity index (χ1v) is 17.8. The number of hydrogen-bond donors (Lipinski definition) is 8. The minimum Gasteiger partial charge on any atom is -0.455 e. The van der Waals surface area contributed by atoms with Crippen LogP contribution in [0.1, 0.15) is 103 Å². The summed E-state index contributed by atoms with van der Waals surface area (Å²) in [4.78, 5) is 53.4. The van der Waals surface area contributed by atoms with E-state index in [4.69, 9.17) is 40.3 Å². The molecule has 2 aromatic heterocycles. The van der Waals surface area contributed by atoms with Crippen LogP contribution in [-0.4, -0.2) is 99.9 Å². The Morgan fingerprint density at radius 3 is 2.11 bits per heavy atom. The summed E-state index contributed by atoms with van der Waals surface area (Å²) in [5, 5.41) is 34.9. The number of nitrogens with zero attached hydrogens (tertiary/aromatic N) is 3. The number of hydrogen-bond acceptors (Lipinski definition) is 13. The number of anilines is 1. The number of phosphoric ester groups is 1. The first kappa shape index (κ1) is 40.7. The summed E-state index contributed by atoms with van der Waals surface area (Å²) in [6.07, 6.45) is 10.4. The molecule has 18 heteroatoms. The molecule has 0 spiro atoms. The van der Waals surface area contributed by atoms with Gasteiger partial charge in [0.1, 0.15) is 18.3 Å². The minimum atomic E-state index is -4.85. The second-order valence-corrected chi connectivity index (χ2v) is 12.8. The van der Waals surface area contributed by atoms with Crippen LogP contribution in [0.5, 0.6) is 0 Å². The summed E-state index contributed by atoms with van der Waals surface area (Å²) >= 11 is 0. The Morgan fingerprint density at radius 2 is 1.60 bits per heavy atom. The van der Waals surface area contributed by atoms with Gasteiger partial charge in [-0.3, -0.25) is 23.7 Å². The van der Waals surface area contributed by atoms with Gasteiger partial charge in [0.05, 0.1) is 26.1 Å². The summed E-state index contributed by atoms with van der Waals surface area (Å²) in [6, 6.07) is 0. The van der Waals surface area contributed by atoms with E-state index in [1.54, 1.807) is 0 Å². The molecule has 1 aliphatic rings. The zero-order valence-corrected chi connectivity index (χ0v) is 27.9. The van der Waals surface area contributed by atoms with Crippen molar-refractivity contribution < 1.29 is 53.6 Å². The molecule has 0 bridgehead atoms. The molecule has 17 nitrogen and oxygen atoms in total. The van der Waals surface area contributed by atoms with Crippen LogP contribution in [0.2, 0.25) is 0 Å². The lowest BCUT2D eigenvalue weighted by molar-refractivity contribution is -0.158. The minimum absolute atomic E-state index is 0.0255. The maximum atomic E-state index is 12.7. The number of nitrogens with one attached hydrogen (secondary N) is 1. The molecule has 270 valence electrons. The summed E-state index contributed by atoms with van der Waals surface area (Å²) in [5.74, 6) is -0.739. The predicted octanol–water partition coefficient (Wildman–Crippen LogP) is 1.79. The van der Waals surface area contributed by atoms with Crippen molar-refractivity contribution in [1.82, 2.24) is 19.5 Å². The molecule has 1 aliphatic heterocycles. The number of H-pyrrole nitrogens is 1. The Hall–Kier alpha value is -2.47. The Balaban J connectivity index is 0.00000117. The molecular weight excluding hydrogens is 641 g/mol. The number of fused-ring (bicyclic) bond motifs is 1. The Bertz CT molecular complexity index is 1280. The largest absolute Gasteiger partial charge is 0.469 e. The number of carbonyl (C=O) groups is 1. The Kier molecular flexibility index (Phi) is 18.6. The van der Waals surface area contributed by atoms with Gasteiger partial charge in [-0.05, 0) is 6.42 Å². The third-order valence-corrected chi connectivity index (χ3v) is 8.10. The van der Waals surface area contributed by atoms with Gasteiger partial charge in [0.2, 0.25) is 5.95 Å². The van der Waals surface area contributed by atoms with Crippen molar-refractivity contribution in [3.8, 4) is 0 Å². The van der Waals surface area contributed by atoms with Crippen LogP contribution in [0.4, 0.5) is 5.95 Å². The number of nitrogens with two attached hydrogens (primary N) is 1. The van der Waals surface area contributed by atoms with Crippen LogP contribution in [0.15, 0.2) is 11.1 Å². The van der Waals surface area contributed by atoms with Gasteiger partial charge in [-0.1, -0.05) is 84.0 Å². The van der Waals surface area contributed by atoms with Crippen molar-refractivity contribution in [3.63, 3.8) is 0 Å². The molecule has 0 aliphatic carbocycles. The van der Waals surface area contributed by atoms with E-state index >= 15 is 0 Å². The second-order valence-electron chi connectivity index (χ2n) is 11.6. The van der Waals surface area contributed by atoms with Crippen LogP contribution in [0.25, 0.3) is 11.2 Å². The molecule has 1 fully saturated rings. The SMILES string of the molecule is CCCCCCCCCCCCCCCC(=O)O[C@@H]1[C@H](O)[C@@H](COP(=O)(O)O)O[C@H]1n1cnc2c(=O)[nH]c(N)nc21.OCC(O)CO. The van der Waals surface area contributed by atoms with E-state index in [0.29, 0.717) is 6.42 Å². The lowest BCUT2D eigenvalue weighted by Crippen LogP contribution is -2.37. The topological polar surface area (TPSA) is 273 Å². The monoisotopic (exact) mass is 693 g/mol. The van der Waals surface area contributed by atoms with Crippen molar-refractivity contribution in [2.75, 3.05) is 25.6 Å². The number of imidazole rings is 1. The number of aliphatic hydroxyl groups is 4. The lowest BCUT2D eigenvalue weighted by Gasteiger charge is -2.22. The Labute approximate surface area is 273 Å². The lowest BCUT2D eigenvalue weighted by atomic mass is 10.0. The first-order chi connectivity index (χ1) is 22.4. The molecule has 4 atom stereocenters. The number of aromatic nitrogens is 4. The van der Waals surface area contributed by atoms with Crippen molar-refractivity contribution in [1.29, 1.82) is 0 Å². The van der Waals surface area contributed by atoms with Gasteiger partial charge in [0.15, 0.2) is 23.5 Å². The van der Waals surface area contributed by atoms with E-state index in [2.05, 4.69) is 26.4 Å². The highest BCUT2D eigenvalue weighted by Gasteiger charge is 2.48. The Morgan fingerprint density at radius 1 is 1.04 bits per heavy atom. The highest BCUT2D eigenvalue weighted by Crippen LogP contribution is 2.39. The number of aromatic amines is 1. The fraction of sp³-hybridized carbons (Fsp3) is 0.793. The summed E-state index contributed by atoms with van der Waals surface area (Å²) in [6.45, 7) is 0.828. The summed E-state index contributed by atoms with van der Waals surface area (Å²) < 4.78 is 28.3. The van der Waals surface area contributed by atoms with E-state index in [9.17, 15) is 19.3 Å². The van der Waals surface area contributed by atoms with E-state index in [1.165, 1.54) is 68.7 Å². The molecule has 0 saturated carbocycles. The highest BCUT2D eigenvalue weighted by molar-refractivity contribution is 7.46. The number of carbonyl (C=O) groups excluding carboxylic acids is 1. The molecular formula is C29H52N5O12P. The number of nitrogen functional groups attached to an aromatic ring is 1. The van der Waals surface area contributed by atoms with Crippen LogP contribution in [-0.2, 0) is 23.4 Å². The van der Waals surface area contributed by atoms with Crippen molar-refractivity contribution >= 4 is 30.9 Å². The van der Waals surface area contributed by atoms with E-state index in [-0.39, 0.29) is 36.7 Å². The fourth-order valence-corrected chi connectivity index (χ4v) is 5.40. The standard InChI is InChI=1S/C26H44N5O9P.C3H8O3/c1-2-3-4-5-6-7-8-9-10-11-12-13-14-15-19(32)40-22-21(33)18(16-38-41(35,36)37)39-25(22)31-17-28-20-23(31)29-26(27)30-24(20)34;4-1-3(6)2-5/h17-18,21-22,25,33H,2-16H2,1H3,(H2,35,36,37)(H3,27,29,30,34);3-6H,1-2H2/t18-,21-,22-,25-;/m1./s1. The zero-order chi connectivity index (χ0) is 34.8. The maximum Gasteiger partial charge on any atom is 0.469 e. The predicted molar refractivity (Wildman–Crippen MR) is 171 cm³/mol. The number of rotatable bonds is 21. The molecule has 3 rings (SSSR count). The van der Waals surface area contributed by atoms with E-state index in [1.807, 2.05) is 0 Å². The molecule has 2 aromatic rings. The molecule has 9 N–H and O–H groups in total. The van der Waals surface area contributed by atoms with Gasteiger partial charge in [0.25, 0.3) is 5.56 Å². The van der Waals surface area contributed by atoms with Crippen molar-refractivity contribution in [3.05, 3.63) is 16.7 Å². The van der Waals surface area contributed by atoms with Crippen molar-refractivity contribution in [2.24, 2.45) is 0 Å². The smallest absolute Gasteiger partial charge is 0.455 e. The first-order valence-electron chi connectivity index (χ1n) is 16.3. The number of unbranched alkanes of at least 4 members (excludes halogenated alkanes) is 12. The molecule has 1 saturated heterocycles. The highest BCUT2D eigenvalue weighted by atomic mass is 31.2. The summed E-state index contributed by atoms with van der Waals surface area (Å²) in [5.41, 5.74) is 5.05. The normalized spacial score (nSPS) is 19.7. The maximum absolute atomic E-state index is 12.7. The van der Waals surface area contributed by atoms with Gasteiger partial charge >= 0.3 is 13.8 Å². The van der Waals surface area contributed by atoms with Crippen LogP contribution in [0, 0.1) is 0 Å². The summed E-state index contributed by atoms with van der Waals surface area (Å²) in [7, 11) is -4.85. The van der Waals surface area contributed by atoms with Gasteiger partial charge in [-0.15, -0.1) is 0 Å². The quantitative estimate of drug-likeness (QED) is 0.0526. The number of phosphoric acid groups is 1. The van der Waals surface area contributed by atoms with Gasteiger partial charge in [0, 0.05) is 6.42 Å². The number of ether oxygens (including phenoxy) is 2. The number of aliphatic hydroxyl groups excluding tert-OH is 4. The van der Waals surface area contributed by atoms with Crippen LogP contribution < -0.4 is 11.3 Å². The third kappa shape index (κ3) is 14.7. The van der Waals surface area contributed by atoms with E-state index < -0.39 is 56.6 Å². The molecule has 0 radical (unpaired) electrons. The van der Waals surface area contributed by atoms with Crippen LogP contribution >= 0.6 is 7.82 Å². The molecule has 0 unspecified atom stereocenters. The second kappa shape index (κ2) is 21.5. The molecule has 0 aromatic carbocycles.